The normalized spacial score (nSPS) is 21.0. The maximum absolute atomic E-state index is 13.9. The molecule has 0 atom stereocenters. The summed E-state index contributed by atoms with van der Waals surface area (Å²) in [6.45, 7) is 3.47. The summed E-state index contributed by atoms with van der Waals surface area (Å²) in [5.74, 6) is -1.40. The van der Waals surface area contributed by atoms with Crippen LogP contribution < -0.4 is 4.74 Å². The van der Waals surface area contributed by atoms with Crippen molar-refractivity contribution in [1.29, 1.82) is 0 Å². The highest BCUT2D eigenvalue weighted by molar-refractivity contribution is 6.32. The number of hydrogen-bond donors (Lipinski definition) is 0. The first-order chi connectivity index (χ1) is 14.9. The van der Waals surface area contributed by atoms with Crippen LogP contribution in [0, 0.1) is 17.6 Å². The fourth-order valence-electron chi connectivity index (χ4n) is 4.41. The summed E-state index contributed by atoms with van der Waals surface area (Å²) in [5, 5.41) is 0.667. The molecule has 0 N–H and O–H groups in total. The lowest BCUT2D eigenvalue weighted by atomic mass is 9.82. The molecule has 2 fully saturated rings. The summed E-state index contributed by atoms with van der Waals surface area (Å²) in [6.07, 6.45) is 4.03. The average molecular weight is 449 g/mol. The lowest BCUT2D eigenvalue weighted by Crippen LogP contribution is -2.42. The van der Waals surface area contributed by atoms with Crippen molar-refractivity contribution in [3.8, 4) is 5.75 Å². The van der Waals surface area contributed by atoms with Gasteiger partial charge in [0.2, 0.25) is 0 Å². The van der Waals surface area contributed by atoms with E-state index in [0.717, 1.165) is 50.2 Å². The van der Waals surface area contributed by atoms with Crippen LogP contribution in [0.3, 0.4) is 0 Å². The van der Waals surface area contributed by atoms with E-state index in [4.69, 9.17) is 16.3 Å². The van der Waals surface area contributed by atoms with Gasteiger partial charge >= 0.3 is 0 Å². The van der Waals surface area contributed by atoms with Gasteiger partial charge in [0.15, 0.2) is 0 Å². The fraction of sp³-hybridized carbons (Fsp3) is 0.458. The van der Waals surface area contributed by atoms with Gasteiger partial charge < -0.3 is 9.64 Å². The van der Waals surface area contributed by atoms with Crippen LogP contribution in [0.2, 0.25) is 5.02 Å². The minimum absolute atomic E-state index is 0.0261. The molecule has 166 valence electrons. The third-order valence-electron chi connectivity index (χ3n) is 6.18. The van der Waals surface area contributed by atoms with Gasteiger partial charge in [0.1, 0.15) is 22.9 Å². The SMILES string of the molecule is CN(CC1CC(Oc2cccc(CN3CCCC3)c2Cl)C1)C(=O)c1c(F)cccc1F. The van der Waals surface area contributed by atoms with Crippen molar-refractivity contribution in [2.24, 2.45) is 5.92 Å². The van der Waals surface area contributed by atoms with Gasteiger partial charge in [-0.05, 0) is 68.5 Å². The molecule has 0 radical (unpaired) electrons. The number of benzene rings is 2. The maximum atomic E-state index is 13.9. The number of carbonyl (C=O) groups excluding carboxylic acids is 1. The molecular weight excluding hydrogens is 422 g/mol. The van der Waals surface area contributed by atoms with E-state index in [2.05, 4.69) is 4.90 Å². The molecule has 1 heterocycles. The van der Waals surface area contributed by atoms with Crippen molar-refractivity contribution in [3.05, 3.63) is 64.2 Å². The molecule has 1 amide bonds. The van der Waals surface area contributed by atoms with Crippen LogP contribution in [0.15, 0.2) is 36.4 Å². The zero-order valence-electron chi connectivity index (χ0n) is 17.6. The van der Waals surface area contributed by atoms with E-state index >= 15 is 0 Å². The summed E-state index contributed by atoms with van der Waals surface area (Å²) in [7, 11) is 1.57. The standard InChI is InChI=1S/C24H27ClF2N2O2/c1-28(24(30)22-19(26)7-5-8-20(22)27)14-16-12-18(13-16)31-21-9-4-6-17(23(21)25)15-29-10-2-3-11-29/h4-9,16,18H,2-3,10-15H2,1H3. The zero-order valence-corrected chi connectivity index (χ0v) is 18.4. The second-order valence-corrected chi connectivity index (χ2v) is 8.95. The third kappa shape index (κ3) is 5.01. The van der Waals surface area contributed by atoms with E-state index in [-0.39, 0.29) is 12.0 Å². The average Bonchev–Trinajstić information content (AvgIpc) is 3.22. The Kier molecular flexibility index (Phi) is 6.77. The number of nitrogens with zero attached hydrogens (tertiary/aromatic N) is 2. The minimum Gasteiger partial charge on any atom is -0.489 e. The molecule has 0 bridgehead atoms. The second kappa shape index (κ2) is 9.53. The highest BCUT2D eigenvalue weighted by Gasteiger charge is 2.34. The van der Waals surface area contributed by atoms with Gasteiger partial charge in [-0.2, -0.15) is 0 Å². The Morgan fingerprint density at radius 3 is 2.45 bits per heavy atom. The molecule has 4 rings (SSSR count). The smallest absolute Gasteiger partial charge is 0.259 e. The van der Waals surface area contributed by atoms with Crippen molar-refractivity contribution < 1.29 is 18.3 Å². The molecule has 7 heteroatoms. The Labute approximate surface area is 186 Å². The van der Waals surface area contributed by atoms with E-state index in [0.29, 0.717) is 17.3 Å². The Bertz CT molecular complexity index is 923. The molecule has 2 aromatic carbocycles. The molecule has 0 aromatic heterocycles. The van der Waals surface area contributed by atoms with Crippen LogP contribution in [0.25, 0.3) is 0 Å². The van der Waals surface area contributed by atoms with Crippen molar-refractivity contribution in [3.63, 3.8) is 0 Å². The highest BCUT2D eigenvalue weighted by Crippen LogP contribution is 2.36. The molecular formula is C24H27ClF2N2O2. The summed E-state index contributed by atoms with van der Waals surface area (Å²) in [4.78, 5) is 16.2. The summed E-state index contributed by atoms with van der Waals surface area (Å²) in [5.41, 5.74) is 0.577. The predicted octanol–water partition coefficient (Wildman–Crippen LogP) is 5.14. The molecule has 2 aliphatic rings. The van der Waals surface area contributed by atoms with Crippen LogP contribution in [0.1, 0.15) is 41.6 Å². The molecule has 2 aromatic rings. The number of likely N-dealkylation sites (tertiary alicyclic amines) is 1. The van der Waals surface area contributed by atoms with Gasteiger partial charge in [-0.15, -0.1) is 0 Å². The van der Waals surface area contributed by atoms with Gasteiger partial charge in [-0.3, -0.25) is 9.69 Å². The highest BCUT2D eigenvalue weighted by atomic mass is 35.5. The molecule has 0 unspecified atom stereocenters. The molecule has 0 spiro atoms. The first-order valence-electron chi connectivity index (χ1n) is 10.8. The fourth-order valence-corrected chi connectivity index (χ4v) is 4.64. The van der Waals surface area contributed by atoms with Crippen molar-refractivity contribution in [2.75, 3.05) is 26.7 Å². The number of amides is 1. The number of carbonyl (C=O) groups is 1. The van der Waals surface area contributed by atoms with E-state index in [9.17, 15) is 13.6 Å². The van der Waals surface area contributed by atoms with Crippen molar-refractivity contribution >= 4 is 17.5 Å². The van der Waals surface area contributed by atoms with Crippen molar-refractivity contribution in [1.82, 2.24) is 9.80 Å². The van der Waals surface area contributed by atoms with E-state index < -0.39 is 23.1 Å². The third-order valence-corrected chi connectivity index (χ3v) is 6.61. The van der Waals surface area contributed by atoms with Gasteiger partial charge in [0.05, 0.1) is 11.1 Å². The predicted molar refractivity (Wildman–Crippen MR) is 116 cm³/mol. The number of rotatable bonds is 7. The van der Waals surface area contributed by atoms with E-state index in [1.165, 1.54) is 23.8 Å². The first kappa shape index (κ1) is 22.0. The van der Waals surface area contributed by atoms with Crippen molar-refractivity contribution in [2.45, 2.75) is 38.3 Å². The number of hydrogen-bond acceptors (Lipinski definition) is 3. The van der Waals surface area contributed by atoms with Crippen LogP contribution >= 0.6 is 11.6 Å². The van der Waals surface area contributed by atoms with Gasteiger partial charge in [0, 0.05) is 20.1 Å². The topological polar surface area (TPSA) is 32.8 Å². The number of halogens is 3. The Hall–Kier alpha value is -2.18. The van der Waals surface area contributed by atoms with E-state index in [1.807, 2.05) is 18.2 Å². The Morgan fingerprint density at radius 2 is 1.77 bits per heavy atom. The molecule has 1 aliphatic heterocycles. The molecule has 31 heavy (non-hydrogen) atoms. The second-order valence-electron chi connectivity index (χ2n) is 8.57. The lowest BCUT2D eigenvalue weighted by Gasteiger charge is -2.37. The summed E-state index contributed by atoms with van der Waals surface area (Å²) >= 11 is 6.60. The van der Waals surface area contributed by atoms with Crippen LogP contribution in [-0.2, 0) is 6.54 Å². The lowest BCUT2D eigenvalue weighted by molar-refractivity contribution is 0.0415. The van der Waals surface area contributed by atoms with Crippen LogP contribution in [0.5, 0.6) is 5.75 Å². The quantitative estimate of drug-likeness (QED) is 0.587. The Balaban J connectivity index is 1.29. The summed E-state index contributed by atoms with van der Waals surface area (Å²) in [6, 6.07) is 9.34. The van der Waals surface area contributed by atoms with Gasteiger partial charge in [-0.1, -0.05) is 29.8 Å². The maximum Gasteiger partial charge on any atom is 0.259 e. The van der Waals surface area contributed by atoms with Gasteiger partial charge in [0.25, 0.3) is 5.91 Å². The molecule has 1 aliphatic carbocycles. The largest absolute Gasteiger partial charge is 0.489 e. The first-order valence-corrected chi connectivity index (χ1v) is 11.2. The molecule has 4 nitrogen and oxygen atoms in total. The van der Waals surface area contributed by atoms with Gasteiger partial charge in [-0.25, -0.2) is 8.78 Å². The monoisotopic (exact) mass is 448 g/mol. The molecule has 1 saturated heterocycles. The molecule has 1 saturated carbocycles. The van der Waals surface area contributed by atoms with Crippen LogP contribution in [-0.4, -0.2) is 48.5 Å². The number of ether oxygens (including phenoxy) is 1. The minimum atomic E-state index is -0.838. The summed E-state index contributed by atoms with van der Waals surface area (Å²) < 4.78 is 33.9. The zero-order chi connectivity index (χ0) is 22.0. The Morgan fingerprint density at radius 1 is 1.13 bits per heavy atom. The van der Waals surface area contributed by atoms with E-state index in [1.54, 1.807) is 7.05 Å². The van der Waals surface area contributed by atoms with Crippen LogP contribution in [0.4, 0.5) is 8.78 Å².